The minimum atomic E-state index is -3.99. The molecule has 0 aliphatic heterocycles. The first-order valence-corrected chi connectivity index (χ1v) is 7.39. The fourth-order valence-electron chi connectivity index (χ4n) is 1.69. The molecule has 0 unspecified atom stereocenters. The van der Waals surface area contributed by atoms with Gasteiger partial charge in [-0.15, -0.1) is 0 Å². The van der Waals surface area contributed by atoms with E-state index in [0.29, 0.717) is 5.56 Å². The highest BCUT2D eigenvalue weighted by atomic mass is 32.2. The quantitative estimate of drug-likeness (QED) is 0.597. The van der Waals surface area contributed by atoms with E-state index in [-0.39, 0.29) is 17.2 Å². The van der Waals surface area contributed by atoms with Gasteiger partial charge >= 0.3 is 5.97 Å². The molecule has 1 atom stereocenters. The zero-order chi connectivity index (χ0) is 15.5. The van der Waals surface area contributed by atoms with Gasteiger partial charge in [0.1, 0.15) is 11.8 Å². The SMILES string of the molecule is O=C(O)[C@@H](Cc1ccc(O)cc1)NS(=O)(=O)c1ccn[nH]1. The summed E-state index contributed by atoms with van der Waals surface area (Å²) < 4.78 is 26.0. The van der Waals surface area contributed by atoms with Crippen LogP contribution in [-0.2, 0) is 21.2 Å². The van der Waals surface area contributed by atoms with Gasteiger partial charge in [-0.25, -0.2) is 8.42 Å². The zero-order valence-corrected chi connectivity index (χ0v) is 11.5. The van der Waals surface area contributed by atoms with Gasteiger partial charge < -0.3 is 10.2 Å². The highest BCUT2D eigenvalue weighted by Crippen LogP contribution is 2.13. The van der Waals surface area contributed by atoms with Crippen LogP contribution in [0.3, 0.4) is 0 Å². The Hall–Kier alpha value is -2.39. The maximum Gasteiger partial charge on any atom is 0.322 e. The molecule has 112 valence electrons. The summed E-state index contributed by atoms with van der Waals surface area (Å²) in [6, 6.07) is 5.74. The molecule has 0 bridgehead atoms. The molecule has 2 aromatic rings. The van der Waals surface area contributed by atoms with Crippen molar-refractivity contribution in [3.05, 3.63) is 42.1 Å². The average molecular weight is 311 g/mol. The second-order valence-corrected chi connectivity index (χ2v) is 5.99. The predicted octanol–water partition coefficient (Wildman–Crippen LogP) is 0.0895. The number of aliphatic carboxylic acids is 1. The van der Waals surface area contributed by atoms with Crippen LogP contribution in [0.2, 0.25) is 0 Å². The molecular formula is C12H13N3O5S. The van der Waals surface area contributed by atoms with E-state index in [0.717, 1.165) is 0 Å². The molecule has 21 heavy (non-hydrogen) atoms. The van der Waals surface area contributed by atoms with E-state index in [1.54, 1.807) is 0 Å². The third-order valence-corrected chi connectivity index (χ3v) is 4.14. The number of sulfonamides is 1. The Kier molecular flexibility index (Phi) is 4.24. The third-order valence-electron chi connectivity index (χ3n) is 2.74. The molecule has 4 N–H and O–H groups in total. The molecule has 0 aliphatic carbocycles. The first-order chi connectivity index (χ1) is 9.88. The second kappa shape index (κ2) is 5.94. The Morgan fingerprint density at radius 3 is 2.48 bits per heavy atom. The van der Waals surface area contributed by atoms with Crippen LogP contribution < -0.4 is 4.72 Å². The average Bonchev–Trinajstić information content (AvgIpc) is 2.95. The normalized spacial score (nSPS) is 13.0. The topological polar surface area (TPSA) is 132 Å². The van der Waals surface area contributed by atoms with E-state index in [4.69, 9.17) is 5.11 Å². The van der Waals surface area contributed by atoms with Gasteiger partial charge in [-0.1, -0.05) is 12.1 Å². The molecule has 1 heterocycles. The summed E-state index contributed by atoms with van der Waals surface area (Å²) in [6.07, 6.45) is 1.20. The van der Waals surface area contributed by atoms with Crippen molar-refractivity contribution in [3.8, 4) is 5.75 Å². The first-order valence-electron chi connectivity index (χ1n) is 5.91. The molecule has 2 rings (SSSR count). The molecule has 0 amide bonds. The van der Waals surface area contributed by atoms with E-state index in [1.807, 2.05) is 0 Å². The van der Waals surface area contributed by atoms with Gasteiger partial charge in [-0.2, -0.15) is 9.82 Å². The first kappa shape index (κ1) is 15.0. The molecule has 0 saturated heterocycles. The van der Waals surface area contributed by atoms with Crippen LogP contribution in [0.5, 0.6) is 5.75 Å². The van der Waals surface area contributed by atoms with Gasteiger partial charge in [0.05, 0.1) is 6.20 Å². The van der Waals surface area contributed by atoms with Crippen molar-refractivity contribution in [1.82, 2.24) is 14.9 Å². The van der Waals surface area contributed by atoms with Crippen molar-refractivity contribution >= 4 is 16.0 Å². The number of rotatable bonds is 6. The van der Waals surface area contributed by atoms with Gasteiger partial charge in [-0.05, 0) is 30.2 Å². The molecule has 1 aromatic carbocycles. The third kappa shape index (κ3) is 3.80. The lowest BCUT2D eigenvalue weighted by atomic mass is 10.1. The molecule has 0 saturated carbocycles. The molecule has 0 fully saturated rings. The maximum absolute atomic E-state index is 12.0. The summed E-state index contributed by atoms with van der Waals surface area (Å²) >= 11 is 0. The minimum absolute atomic E-state index is 0.0451. The molecule has 9 heteroatoms. The minimum Gasteiger partial charge on any atom is -0.508 e. The fourth-order valence-corrected chi connectivity index (χ4v) is 2.79. The van der Waals surface area contributed by atoms with Crippen molar-refractivity contribution in [2.24, 2.45) is 0 Å². The lowest BCUT2D eigenvalue weighted by Crippen LogP contribution is -2.42. The number of benzene rings is 1. The van der Waals surface area contributed by atoms with Crippen molar-refractivity contribution in [1.29, 1.82) is 0 Å². The number of nitrogens with zero attached hydrogens (tertiary/aromatic N) is 1. The van der Waals surface area contributed by atoms with Gasteiger partial charge in [0.15, 0.2) is 5.03 Å². The van der Waals surface area contributed by atoms with E-state index in [9.17, 15) is 18.3 Å². The van der Waals surface area contributed by atoms with Crippen molar-refractivity contribution in [2.75, 3.05) is 0 Å². The van der Waals surface area contributed by atoms with E-state index in [1.165, 1.54) is 36.5 Å². The number of carbonyl (C=O) groups is 1. The van der Waals surface area contributed by atoms with Crippen LogP contribution in [0.15, 0.2) is 41.6 Å². The van der Waals surface area contributed by atoms with Crippen molar-refractivity contribution in [3.63, 3.8) is 0 Å². The summed E-state index contributed by atoms with van der Waals surface area (Å²) in [5, 5.41) is 23.9. The summed E-state index contributed by atoms with van der Waals surface area (Å²) in [6.45, 7) is 0. The number of carboxylic acids is 1. The summed E-state index contributed by atoms with van der Waals surface area (Å²) in [5.41, 5.74) is 0.576. The smallest absolute Gasteiger partial charge is 0.322 e. The lowest BCUT2D eigenvalue weighted by Gasteiger charge is -2.14. The standard InChI is InChI=1S/C12H13N3O5S/c16-9-3-1-8(2-4-9)7-10(12(17)18)15-21(19,20)11-5-6-13-14-11/h1-6,10,15-16H,7H2,(H,13,14)(H,17,18)/t10-/m1/s1. The van der Waals surface area contributed by atoms with E-state index < -0.39 is 22.0 Å². The number of phenols is 1. The fraction of sp³-hybridized carbons (Fsp3) is 0.167. The van der Waals surface area contributed by atoms with Crippen molar-refractivity contribution in [2.45, 2.75) is 17.5 Å². The van der Waals surface area contributed by atoms with Crippen LogP contribution in [0.4, 0.5) is 0 Å². The number of phenolic OH excluding ortho intramolecular Hbond substituents is 1. The molecule has 8 nitrogen and oxygen atoms in total. The number of aromatic hydroxyl groups is 1. The largest absolute Gasteiger partial charge is 0.508 e. The molecule has 0 spiro atoms. The zero-order valence-electron chi connectivity index (χ0n) is 10.7. The number of aromatic amines is 1. The molecule has 0 aliphatic rings. The Bertz CT molecular complexity index is 710. The number of hydrogen-bond donors (Lipinski definition) is 4. The highest BCUT2D eigenvalue weighted by molar-refractivity contribution is 7.89. The highest BCUT2D eigenvalue weighted by Gasteiger charge is 2.26. The summed E-state index contributed by atoms with van der Waals surface area (Å²) in [4.78, 5) is 11.2. The number of aromatic nitrogens is 2. The Morgan fingerprint density at radius 2 is 1.95 bits per heavy atom. The number of nitrogens with one attached hydrogen (secondary N) is 2. The number of carboxylic acid groups (broad SMARTS) is 1. The van der Waals surface area contributed by atoms with E-state index >= 15 is 0 Å². The molecule has 1 aromatic heterocycles. The van der Waals surface area contributed by atoms with Crippen LogP contribution in [-0.4, -0.2) is 40.8 Å². The van der Waals surface area contributed by atoms with Gasteiger partial charge in [0, 0.05) is 0 Å². The Morgan fingerprint density at radius 1 is 1.29 bits per heavy atom. The van der Waals surface area contributed by atoms with Crippen LogP contribution in [0.25, 0.3) is 0 Å². The number of H-pyrrole nitrogens is 1. The van der Waals surface area contributed by atoms with Gasteiger partial charge in [-0.3, -0.25) is 9.89 Å². The van der Waals surface area contributed by atoms with Crippen LogP contribution in [0, 0.1) is 0 Å². The van der Waals surface area contributed by atoms with E-state index in [2.05, 4.69) is 14.9 Å². The van der Waals surface area contributed by atoms with Crippen molar-refractivity contribution < 1.29 is 23.4 Å². The van der Waals surface area contributed by atoms with Crippen LogP contribution >= 0.6 is 0 Å². The van der Waals surface area contributed by atoms with Gasteiger partial charge in [0.25, 0.3) is 10.0 Å². The summed E-state index contributed by atoms with van der Waals surface area (Å²) in [5.74, 6) is -1.25. The monoisotopic (exact) mass is 311 g/mol. The van der Waals surface area contributed by atoms with Crippen LogP contribution in [0.1, 0.15) is 5.56 Å². The predicted molar refractivity (Wildman–Crippen MR) is 72.1 cm³/mol. The lowest BCUT2D eigenvalue weighted by molar-refractivity contribution is -0.138. The van der Waals surface area contributed by atoms with Gasteiger partial charge in [0.2, 0.25) is 0 Å². The maximum atomic E-state index is 12.0. The second-order valence-electron chi connectivity index (χ2n) is 4.30. The number of hydrogen-bond acceptors (Lipinski definition) is 5. The Balaban J connectivity index is 2.17. The summed E-state index contributed by atoms with van der Waals surface area (Å²) in [7, 11) is -3.99. The molecular weight excluding hydrogens is 298 g/mol. The molecule has 0 radical (unpaired) electrons. The Labute approximate surface area is 120 Å².